The van der Waals surface area contributed by atoms with Gasteiger partial charge in [0.1, 0.15) is 6.33 Å². The second-order valence-corrected chi connectivity index (χ2v) is 7.89. The van der Waals surface area contributed by atoms with Crippen molar-refractivity contribution in [3.8, 4) is 11.8 Å². The van der Waals surface area contributed by atoms with Crippen LogP contribution in [0.2, 0.25) is 0 Å². The van der Waals surface area contributed by atoms with Crippen LogP contribution in [0.1, 0.15) is 40.2 Å². The highest BCUT2D eigenvalue weighted by Gasteiger charge is 2.34. The van der Waals surface area contributed by atoms with Crippen LogP contribution in [0.15, 0.2) is 35.4 Å². The number of anilines is 1. The number of aryl methyl sites for hydroxylation is 1. The SMILES string of the molecule is COc1ncc(N2CCc3ncnc(OC4CCCN4C(=O)c4ccno4)c3C2)cc1C. The molecule has 0 bridgehead atoms. The Hall–Kier alpha value is -3.69. The molecule has 1 fully saturated rings. The van der Waals surface area contributed by atoms with E-state index >= 15 is 0 Å². The molecule has 3 aromatic rings. The van der Waals surface area contributed by atoms with E-state index in [1.54, 1.807) is 18.1 Å². The quantitative estimate of drug-likeness (QED) is 0.596. The third kappa shape index (κ3) is 3.72. The lowest BCUT2D eigenvalue weighted by atomic mass is 10.1. The van der Waals surface area contributed by atoms with Crippen molar-refractivity contribution in [2.24, 2.45) is 0 Å². The van der Waals surface area contributed by atoms with Crippen molar-refractivity contribution in [1.29, 1.82) is 0 Å². The first-order valence-corrected chi connectivity index (χ1v) is 10.6. The summed E-state index contributed by atoms with van der Waals surface area (Å²) in [6, 6.07) is 3.63. The second-order valence-electron chi connectivity index (χ2n) is 7.89. The minimum Gasteiger partial charge on any atom is -0.481 e. The summed E-state index contributed by atoms with van der Waals surface area (Å²) in [5, 5.41) is 3.63. The largest absolute Gasteiger partial charge is 0.481 e. The Morgan fingerprint density at radius 1 is 1.22 bits per heavy atom. The molecular weight excluding hydrogens is 412 g/mol. The van der Waals surface area contributed by atoms with E-state index in [9.17, 15) is 4.79 Å². The van der Waals surface area contributed by atoms with E-state index in [-0.39, 0.29) is 11.7 Å². The summed E-state index contributed by atoms with van der Waals surface area (Å²) in [6.07, 6.45) is 6.74. The molecule has 2 aliphatic rings. The molecule has 1 unspecified atom stereocenters. The molecule has 32 heavy (non-hydrogen) atoms. The summed E-state index contributed by atoms with van der Waals surface area (Å²) < 4.78 is 16.6. The first-order valence-electron chi connectivity index (χ1n) is 10.6. The van der Waals surface area contributed by atoms with E-state index in [0.717, 1.165) is 48.3 Å². The number of amides is 1. The number of carbonyl (C=O) groups excluding carboxylic acids is 1. The van der Waals surface area contributed by atoms with Gasteiger partial charge >= 0.3 is 0 Å². The average Bonchev–Trinajstić information content (AvgIpc) is 3.51. The van der Waals surface area contributed by atoms with E-state index in [1.165, 1.54) is 12.5 Å². The number of nitrogens with zero attached hydrogens (tertiary/aromatic N) is 6. The molecule has 0 N–H and O–H groups in total. The Morgan fingerprint density at radius 2 is 2.12 bits per heavy atom. The maximum absolute atomic E-state index is 12.8. The van der Waals surface area contributed by atoms with Crippen LogP contribution in [-0.2, 0) is 13.0 Å². The summed E-state index contributed by atoms with van der Waals surface area (Å²) in [6.45, 7) is 3.99. The normalized spacial score (nSPS) is 17.9. The molecule has 5 rings (SSSR count). The number of aromatic nitrogens is 4. The van der Waals surface area contributed by atoms with Gasteiger partial charge in [-0.2, -0.15) is 0 Å². The maximum Gasteiger partial charge on any atom is 0.295 e. The lowest BCUT2D eigenvalue weighted by Crippen LogP contribution is -2.39. The molecule has 1 saturated heterocycles. The van der Waals surface area contributed by atoms with Gasteiger partial charge in [-0.15, -0.1) is 0 Å². The molecule has 0 aliphatic carbocycles. The van der Waals surface area contributed by atoms with Crippen LogP contribution in [0.25, 0.3) is 0 Å². The minimum atomic E-state index is -0.410. The van der Waals surface area contributed by atoms with Crippen molar-refractivity contribution >= 4 is 11.6 Å². The van der Waals surface area contributed by atoms with Crippen molar-refractivity contribution in [2.45, 2.75) is 39.0 Å². The second kappa shape index (κ2) is 8.45. The monoisotopic (exact) mass is 436 g/mol. The van der Waals surface area contributed by atoms with Crippen molar-refractivity contribution < 1.29 is 18.8 Å². The Balaban J connectivity index is 1.37. The summed E-state index contributed by atoms with van der Waals surface area (Å²) in [4.78, 5) is 30.0. The standard InChI is InChI=1S/C22H24N6O4/c1-14-10-15(11-23-20(14)30-2)27-9-6-17-16(12-27)21(25-13-24-17)31-19-4-3-8-28(19)22(29)18-5-7-26-32-18/h5,7,10-11,13,19H,3-4,6,8-9,12H2,1-2H3. The molecular formula is C22H24N6O4. The van der Waals surface area contributed by atoms with Gasteiger partial charge in [0.15, 0.2) is 6.23 Å². The van der Waals surface area contributed by atoms with Gasteiger partial charge in [-0.25, -0.2) is 15.0 Å². The lowest BCUT2D eigenvalue weighted by molar-refractivity contribution is 0.0345. The van der Waals surface area contributed by atoms with Crippen molar-refractivity contribution in [3.05, 3.63) is 53.4 Å². The van der Waals surface area contributed by atoms with E-state index in [2.05, 4.69) is 31.1 Å². The molecule has 0 aromatic carbocycles. The van der Waals surface area contributed by atoms with Gasteiger partial charge in [-0.05, 0) is 19.4 Å². The predicted octanol–water partition coefficient (Wildman–Crippen LogP) is 2.38. The van der Waals surface area contributed by atoms with Gasteiger partial charge < -0.3 is 23.8 Å². The zero-order valence-corrected chi connectivity index (χ0v) is 18.0. The van der Waals surface area contributed by atoms with Crippen molar-refractivity contribution in [2.75, 3.05) is 25.1 Å². The van der Waals surface area contributed by atoms with Gasteiger partial charge in [0.2, 0.25) is 17.5 Å². The molecule has 5 heterocycles. The van der Waals surface area contributed by atoms with Crippen LogP contribution in [0.4, 0.5) is 5.69 Å². The fourth-order valence-electron chi connectivity index (χ4n) is 4.26. The van der Waals surface area contributed by atoms with E-state index in [4.69, 9.17) is 14.0 Å². The first-order chi connectivity index (χ1) is 15.6. The van der Waals surface area contributed by atoms with Crippen LogP contribution in [-0.4, -0.2) is 57.3 Å². The molecule has 2 aliphatic heterocycles. The van der Waals surface area contributed by atoms with Gasteiger partial charge in [-0.3, -0.25) is 4.79 Å². The highest BCUT2D eigenvalue weighted by atomic mass is 16.5. The van der Waals surface area contributed by atoms with Crippen LogP contribution >= 0.6 is 0 Å². The smallest absolute Gasteiger partial charge is 0.295 e. The fourth-order valence-corrected chi connectivity index (χ4v) is 4.26. The van der Waals surface area contributed by atoms with Crippen molar-refractivity contribution in [3.63, 3.8) is 0 Å². The number of carbonyl (C=O) groups is 1. The van der Waals surface area contributed by atoms with Crippen molar-refractivity contribution in [1.82, 2.24) is 25.0 Å². The molecule has 10 nitrogen and oxygen atoms in total. The lowest BCUT2D eigenvalue weighted by Gasteiger charge is -2.32. The van der Waals surface area contributed by atoms with Gasteiger partial charge in [0.25, 0.3) is 5.91 Å². The zero-order valence-electron chi connectivity index (χ0n) is 18.0. The number of rotatable bonds is 5. The predicted molar refractivity (Wildman–Crippen MR) is 114 cm³/mol. The molecule has 3 aromatic heterocycles. The molecule has 0 radical (unpaired) electrons. The van der Waals surface area contributed by atoms with Gasteiger partial charge in [0, 0.05) is 37.6 Å². The Kier molecular flexibility index (Phi) is 5.34. The summed E-state index contributed by atoms with van der Waals surface area (Å²) in [5.41, 5.74) is 3.89. The Morgan fingerprint density at radius 3 is 2.91 bits per heavy atom. The zero-order chi connectivity index (χ0) is 22.1. The third-order valence-corrected chi connectivity index (χ3v) is 5.89. The van der Waals surface area contributed by atoms with E-state index in [1.807, 2.05) is 13.1 Å². The molecule has 166 valence electrons. The van der Waals surface area contributed by atoms with Gasteiger partial charge in [0.05, 0.1) is 43.0 Å². The molecule has 1 atom stereocenters. The summed E-state index contributed by atoms with van der Waals surface area (Å²) in [5.74, 6) is 1.12. The molecule has 0 spiro atoms. The Labute approximate surface area is 185 Å². The highest BCUT2D eigenvalue weighted by molar-refractivity contribution is 5.91. The van der Waals surface area contributed by atoms with Crippen LogP contribution in [0.3, 0.4) is 0 Å². The average molecular weight is 436 g/mol. The van der Waals surface area contributed by atoms with Crippen LogP contribution < -0.4 is 14.4 Å². The number of pyridine rings is 1. The van der Waals surface area contributed by atoms with Crippen LogP contribution in [0.5, 0.6) is 11.8 Å². The Bertz CT molecular complexity index is 1120. The van der Waals surface area contributed by atoms with E-state index < -0.39 is 6.23 Å². The third-order valence-electron chi connectivity index (χ3n) is 5.89. The first kappa shape index (κ1) is 20.2. The number of ether oxygens (including phenoxy) is 2. The molecule has 10 heteroatoms. The molecule has 1 amide bonds. The summed E-state index contributed by atoms with van der Waals surface area (Å²) in [7, 11) is 1.62. The fraction of sp³-hybridized carbons (Fsp3) is 0.409. The summed E-state index contributed by atoms with van der Waals surface area (Å²) >= 11 is 0. The number of hydrogen-bond acceptors (Lipinski definition) is 9. The minimum absolute atomic E-state index is 0.207. The van der Waals surface area contributed by atoms with Gasteiger partial charge in [-0.1, -0.05) is 5.16 Å². The maximum atomic E-state index is 12.8. The van der Waals surface area contributed by atoms with E-state index in [0.29, 0.717) is 24.8 Å². The number of likely N-dealkylation sites (tertiary alicyclic amines) is 1. The molecule has 0 saturated carbocycles. The van der Waals surface area contributed by atoms with Crippen LogP contribution in [0, 0.1) is 6.92 Å². The topological polar surface area (TPSA) is 107 Å². The highest BCUT2D eigenvalue weighted by Crippen LogP contribution is 2.31. The number of methoxy groups -OCH3 is 1. The number of hydrogen-bond donors (Lipinski definition) is 0. The number of fused-ring (bicyclic) bond motifs is 1.